The van der Waals surface area contributed by atoms with Gasteiger partial charge in [-0.05, 0) is 24.0 Å². The molecule has 0 aliphatic rings. The highest BCUT2D eigenvalue weighted by Gasteiger charge is 2.19. The minimum atomic E-state index is 0.0167. The molecule has 0 saturated carbocycles. The number of hydrogen-bond acceptors (Lipinski definition) is 3. The van der Waals surface area contributed by atoms with Crippen molar-refractivity contribution >= 4 is 5.91 Å². The first-order valence-electron chi connectivity index (χ1n) is 7.10. The van der Waals surface area contributed by atoms with Gasteiger partial charge >= 0.3 is 0 Å². The highest BCUT2D eigenvalue weighted by molar-refractivity contribution is 5.78. The van der Waals surface area contributed by atoms with E-state index < -0.39 is 0 Å². The molecule has 0 spiro atoms. The lowest BCUT2D eigenvalue weighted by Gasteiger charge is -2.24. The van der Waals surface area contributed by atoms with Crippen LogP contribution in [0.4, 0.5) is 0 Å². The summed E-state index contributed by atoms with van der Waals surface area (Å²) in [6.07, 6.45) is 0. The minimum Gasteiger partial charge on any atom is -0.383 e. The van der Waals surface area contributed by atoms with Crippen LogP contribution in [0.15, 0.2) is 24.3 Å². The predicted molar refractivity (Wildman–Crippen MR) is 81.6 cm³/mol. The molecule has 0 bridgehead atoms. The smallest absolute Gasteiger partial charge is 0.234 e. The van der Waals surface area contributed by atoms with Crippen LogP contribution in [-0.4, -0.2) is 32.7 Å². The van der Waals surface area contributed by atoms with E-state index >= 15 is 0 Å². The number of amides is 1. The van der Waals surface area contributed by atoms with Crippen molar-refractivity contribution in [3.05, 3.63) is 35.4 Å². The fourth-order valence-corrected chi connectivity index (χ4v) is 2.14. The summed E-state index contributed by atoms with van der Waals surface area (Å²) in [5.41, 5.74) is 2.39. The molecule has 1 rings (SSSR count). The third kappa shape index (κ3) is 5.31. The first-order valence-corrected chi connectivity index (χ1v) is 7.10. The van der Waals surface area contributed by atoms with Crippen LogP contribution in [0.2, 0.25) is 0 Å². The zero-order valence-corrected chi connectivity index (χ0v) is 12.9. The lowest BCUT2D eigenvalue weighted by molar-refractivity contribution is -0.121. The third-order valence-electron chi connectivity index (χ3n) is 3.28. The second-order valence-electron chi connectivity index (χ2n) is 5.32. The molecular formula is C16H26N2O2. The summed E-state index contributed by atoms with van der Waals surface area (Å²) in [6, 6.07) is 8.24. The molecule has 0 fully saturated rings. The van der Waals surface area contributed by atoms with Gasteiger partial charge in [-0.25, -0.2) is 0 Å². The molecule has 0 heterocycles. The Morgan fingerprint density at radius 1 is 1.30 bits per heavy atom. The highest BCUT2D eigenvalue weighted by Crippen LogP contribution is 2.24. The van der Waals surface area contributed by atoms with E-state index in [4.69, 9.17) is 4.74 Å². The van der Waals surface area contributed by atoms with Gasteiger partial charge in [-0.1, -0.05) is 38.1 Å². The molecule has 4 nitrogen and oxygen atoms in total. The summed E-state index contributed by atoms with van der Waals surface area (Å²) in [5.74, 6) is 0.363. The standard InChI is InChI=1S/C16H26N2O2/c1-12(2)16(14-8-6-5-7-13(14)3)18-15(19)11-17-9-10-20-4/h5-8,12,16-17H,9-11H2,1-4H3,(H,18,19). The molecule has 1 aromatic carbocycles. The van der Waals surface area contributed by atoms with E-state index in [2.05, 4.69) is 43.5 Å². The van der Waals surface area contributed by atoms with E-state index in [9.17, 15) is 4.79 Å². The Morgan fingerprint density at radius 3 is 2.60 bits per heavy atom. The summed E-state index contributed by atoms with van der Waals surface area (Å²) in [6.45, 7) is 7.93. The zero-order valence-electron chi connectivity index (χ0n) is 12.9. The molecule has 0 aliphatic carbocycles. The maximum Gasteiger partial charge on any atom is 0.234 e. The van der Waals surface area contributed by atoms with Crippen LogP contribution < -0.4 is 10.6 Å². The van der Waals surface area contributed by atoms with Crippen molar-refractivity contribution in [2.24, 2.45) is 5.92 Å². The second-order valence-corrected chi connectivity index (χ2v) is 5.32. The summed E-state index contributed by atoms with van der Waals surface area (Å²) in [5, 5.41) is 6.17. The average molecular weight is 278 g/mol. The van der Waals surface area contributed by atoms with Crippen molar-refractivity contribution in [2.75, 3.05) is 26.8 Å². The van der Waals surface area contributed by atoms with Gasteiger partial charge in [0.05, 0.1) is 19.2 Å². The van der Waals surface area contributed by atoms with Crippen molar-refractivity contribution in [1.82, 2.24) is 10.6 Å². The van der Waals surface area contributed by atoms with E-state index in [-0.39, 0.29) is 11.9 Å². The number of ether oxygens (including phenoxy) is 1. The number of nitrogens with one attached hydrogen (secondary N) is 2. The number of benzene rings is 1. The first kappa shape index (κ1) is 16.7. The number of hydrogen-bond donors (Lipinski definition) is 2. The molecule has 0 radical (unpaired) electrons. The largest absolute Gasteiger partial charge is 0.383 e. The molecule has 1 aromatic rings. The first-order chi connectivity index (χ1) is 9.56. The molecule has 0 aromatic heterocycles. The number of carbonyl (C=O) groups is 1. The van der Waals surface area contributed by atoms with Crippen LogP contribution in [0.3, 0.4) is 0 Å². The highest BCUT2D eigenvalue weighted by atomic mass is 16.5. The molecule has 1 atom stereocenters. The van der Waals surface area contributed by atoms with Gasteiger partial charge in [0.1, 0.15) is 0 Å². The number of aryl methyl sites for hydroxylation is 1. The molecule has 2 N–H and O–H groups in total. The molecule has 4 heteroatoms. The lowest BCUT2D eigenvalue weighted by atomic mass is 9.92. The molecule has 112 valence electrons. The van der Waals surface area contributed by atoms with Crippen molar-refractivity contribution in [1.29, 1.82) is 0 Å². The average Bonchev–Trinajstić information content (AvgIpc) is 2.42. The van der Waals surface area contributed by atoms with Crippen LogP contribution in [0.25, 0.3) is 0 Å². The summed E-state index contributed by atoms with van der Waals surface area (Å²) < 4.78 is 4.93. The fourth-order valence-electron chi connectivity index (χ4n) is 2.14. The van der Waals surface area contributed by atoms with Gasteiger partial charge in [0.25, 0.3) is 0 Å². The molecule has 0 aliphatic heterocycles. The number of methoxy groups -OCH3 is 1. The van der Waals surface area contributed by atoms with E-state index in [0.717, 1.165) is 0 Å². The predicted octanol–water partition coefficient (Wildman–Crippen LogP) is 2.04. The Kier molecular flexibility index (Phi) is 7.26. The van der Waals surface area contributed by atoms with Crippen LogP contribution in [0.5, 0.6) is 0 Å². The summed E-state index contributed by atoms with van der Waals surface area (Å²) in [7, 11) is 1.65. The summed E-state index contributed by atoms with van der Waals surface area (Å²) in [4.78, 5) is 12.0. The minimum absolute atomic E-state index is 0.0167. The van der Waals surface area contributed by atoms with Gasteiger partial charge in [0, 0.05) is 13.7 Å². The molecule has 1 unspecified atom stereocenters. The quantitative estimate of drug-likeness (QED) is 0.716. The van der Waals surface area contributed by atoms with Crippen molar-refractivity contribution in [3.8, 4) is 0 Å². The van der Waals surface area contributed by atoms with Crippen LogP contribution in [0, 0.1) is 12.8 Å². The topological polar surface area (TPSA) is 50.4 Å². The van der Waals surface area contributed by atoms with Crippen LogP contribution in [0.1, 0.15) is 31.0 Å². The van der Waals surface area contributed by atoms with E-state index in [1.807, 2.05) is 12.1 Å². The monoisotopic (exact) mass is 278 g/mol. The number of rotatable bonds is 8. The van der Waals surface area contributed by atoms with Crippen LogP contribution in [-0.2, 0) is 9.53 Å². The molecule has 0 saturated heterocycles. The maximum absolute atomic E-state index is 12.0. The Morgan fingerprint density at radius 2 is 2.00 bits per heavy atom. The Balaban J connectivity index is 2.60. The normalized spacial score (nSPS) is 12.4. The van der Waals surface area contributed by atoms with Gasteiger partial charge in [-0.2, -0.15) is 0 Å². The van der Waals surface area contributed by atoms with Gasteiger partial charge in [0.2, 0.25) is 5.91 Å². The molecular weight excluding hydrogens is 252 g/mol. The van der Waals surface area contributed by atoms with Gasteiger partial charge in [0.15, 0.2) is 0 Å². The van der Waals surface area contributed by atoms with E-state index in [1.54, 1.807) is 7.11 Å². The van der Waals surface area contributed by atoms with E-state index in [1.165, 1.54) is 11.1 Å². The Bertz CT molecular complexity index is 419. The summed E-state index contributed by atoms with van der Waals surface area (Å²) >= 11 is 0. The zero-order chi connectivity index (χ0) is 15.0. The maximum atomic E-state index is 12.0. The van der Waals surface area contributed by atoms with Crippen molar-refractivity contribution in [3.63, 3.8) is 0 Å². The van der Waals surface area contributed by atoms with Gasteiger partial charge < -0.3 is 15.4 Å². The third-order valence-corrected chi connectivity index (χ3v) is 3.28. The molecule has 20 heavy (non-hydrogen) atoms. The lowest BCUT2D eigenvalue weighted by Crippen LogP contribution is -2.39. The number of carbonyl (C=O) groups excluding carboxylic acids is 1. The van der Waals surface area contributed by atoms with Gasteiger partial charge in [-0.15, -0.1) is 0 Å². The van der Waals surface area contributed by atoms with E-state index in [0.29, 0.717) is 25.6 Å². The fraction of sp³-hybridized carbons (Fsp3) is 0.562. The Hall–Kier alpha value is -1.39. The van der Waals surface area contributed by atoms with Crippen molar-refractivity contribution in [2.45, 2.75) is 26.8 Å². The second kappa shape index (κ2) is 8.72. The van der Waals surface area contributed by atoms with Gasteiger partial charge in [-0.3, -0.25) is 4.79 Å². The molecule has 1 amide bonds. The Labute approximate surface area is 121 Å². The SMILES string of the molecule is COCCNCC(=O)NC(c1ccccc1C)C(C)C. The van der Waals surface area contributed by atoms with Crippen LogP contribution >= 0.6 is 0 Å². The van der Waals surface area contributed by atoms with Crippen molar-refractivity contribution < 1.29 is 9.53 Å².